The number of carboxylic acids is 1. The highest BCUT2D eigenvalue weighted by atomic mass is 16.4. The lowest BCUT2D eigenvalue weighted by Gasteiger charge is -2.16. The zero-order valence-corrected chi connectivity index (χ0v) is 10.7. The van der Waals surface area contributed by atoms with E-state index in [0.29, 0.717) is 0 Å². The molecule has 6 heteroatoms. The van der Waals surface area contributed by atoms with Crippen molar-refractivity contribution < 1.29 is 14.7 Å². The Morgan fingerprint density at radius 1 is 1.37 bits per heavy atom. The number of carboxylic acid groups (broad SMARTS) is 1. The Bertz CT molecular complexity index is 576. The number of carbonyl (C=O) groups is 2. The summed E-state index contributed by atoms with van der Waals surface area (Å²) in [4.78, 5) is 37.1. The van der Waals surface area contributed by atoms with E-state index in [0.717, 1.165) is 36.9 Å². The summed E-state index contributed by atoms with van der Waals surface area (Å²) in [5, 5.41) is 11.0. The normalized spacial score (nSPS) is 15.4. The van der Waals surface area contributed by atoms with Crippen LogP contribution in [0.2, 0.25) is 0 Å². The van der Waals surface area contributed by atoms with Crippen LogP contribution >= 0.6 is 0 Å². The van der Waals surface area contributed by atoms with Gasteiger partial charge in [0.15, 0.2) is 0 Å². The van der Waals surface area contributed by atoms with E-state index < -0.39 is 23.5 Å². The zero-order valence-electron chi connectivity index (χ0n) is 10.7. The van der Waals surface area contributed by atoms with Gasteiger partial charge in [-0.25, -0.2) is 0 Å². The standard InChI is InChI=1S/C13H16N2O4/c1-7(13(18)19)14-11(16)9-6-8-4-2-3-5-10(8)15-12(9)17/h6-7H,2-5H2,1H3,(H,14,16)(H,15,17)(H,18,19). The fourth-order valence-electron chi connectivity index (χ4n) is 2.18. The van der Waals surface area contributed by atoms with Gasteiger partial charge in [-0.1, -0.05) is 0 Å². The molecule has 3 N–H and O–H groups in total. The maximum absolute atomic E-state index is 11.9. The molecule has 1 aromatic rings. The summed E-state index contributed by atoms with van der Waals surface area (Å²) in [7, 11) is 0. The van der Waals surface area contributed by atoms with Crippen LogP contribution in [0, 0.1) is 0 Å². The van der Waals surface area contributed by atoms with Gasteiger partial charge < -0.3 is 15.4 Å². The van der Waals surface area contributed by atoms with Gasteiger partial charge in [0.2, 0.25) is 0 Å². The number of rotatable bonds is 3. The van der Waals surface area contributed by atoms with Gasteiger partial charge in [0.1, 0.15) is 11.6 Å². The lowest BCUT2D eigenvalue weighted by atomic mass is 9.95. The number of fused-ring (bicyclic) bond motifs is 1. The molecule has 102 valence electrons. The zero-order chi connectivity index (χ0) is 14.0. The van der Waals surface area contributed by atoms with Gasteiger partial charge in [-0.2, -0.15) is 0 Å². The number of carbonyl (C=O) groups excluding carboxylic acids is 1. The lowest BCUT2D eigenvalue weighted by Crippen LogP contribution is -2.40. The van der Waals surface area contributed by atoms with Gasteiger partial charge in [0.05, 0.1) is 0 Å². The summed E-state index contributed by atoms with van der Waals surface area (Å²) in [6.45, 7) is 1.35. The highest BCUT2D eigenvalue weighted by molar-refractivity contribution is 5.96. The van der Waals surface area contributed by atoms with Crippen LogP contribution in [0.25, 0.3) is 0 Å². The first-order valence-corrected chi connectivity index (χ1v) is 6.28. The predicted octanol–water partition coefficient (Wildman–Crippen LogP) is 0.457. The van der Waals surface area contributed by atoms with E-state index >= 15 is 0 Å². The Morgan fingerprint density at radius 3 is 2.74 bits per heavy atom. The van der Waals surface area contributed by atoms with E-state index in [2.05, 4.69) is 10.3 Å². The number of hydrogen-bond acceptors (Lipinski definition) is 3. The topological polar surface area (TPSA) is 99.3 Å². The van der Waals surface area contributed by atoms with Crippen LogP contribution in [0.15, 0.2) is 10.9 Å². The van der Waals surface area contributed by atoms with Crippen LogP contribution < -0.4 is 10.9 Å². The largest absolute Gasteiger partial charge is 0.480 e. The molecular weight excluding hydrogens is 248 g/mol. The third kappa shape index (κ3) is 2.83. The molecule has 0 saturated carbocycles. The maximum atomic E-state index is 11.9. The van der Waals surface area contributed by atoms with E-state index in [1.807, 2.05) is 0 Å². The molecule has 19 heavy (non-hydrogen) atoms. The second-order valence-electron chi connectivity index (χ2n) is 4.76. The van der Waals surface area contributed by atoms with Gasteiger partial charge in [-0.3, -0.25) is 14.4 Å². The second-order valence-corrected chi connectivity index (χ2v) is 4.76. The number of H-pyrrole nitrogens is 1. The van der Waals surface area contributed by atoms with Crippen LogP contribution in [0.4, 0.5) is 0 Å². The summed E-state index contributed by atoms with van der Waals surface area (Å²) < 4.78 is 0. The first-order valence-electron chi connectivity index (χ1n) is 6.28. The molecule has 1 heterocycles. The molecule has 0 bridgehead atoms. The number of pyridine rings is 1. The van der Waals surface area contributed by atoms with E-state index in [9.17, 15) is 14.4 Å². The van der Waals surface area contributed by atoms with Crippen LogP contribution in [0.5, 0.6) is 0 Å². The Hall–Kier alpha value is -2.11. The summed E-state index contributed by atoms with van der Waals surface area (Å²) in [6, 6.07) is 0.556. The second kappa shape index (κ2) is 5.26. The summed E-state index contributed by atoms with van der Waals surface area (Å²) in [5.74, 6) is -1.78. The molecule has 0 spiro atoms. The number of aliphatic carboxylic acids is 1. The lowest BCUT2D eigenvalue weighted by molar-refractivity contribution is -0.138. The van der Waals surface area contributed by atoms with Crippen molar-refractivity contribution in [3.05, 3.63) is 33.2 Å². The molecule has 1 aliphatic rings. The van der Waals surface area contributed by atoms with Crippen molar-refractivity contribution in [3.63, 3.8) is 0 Å². The van der Waals surface area contributed by atoms with E-state index in [1.54, 1.807) is 6.07 Å². The van der Waals surface area contributed by atoms with Crippen molar-refractivity contribution in [2.75, 3.05) is 0 Å². The number of hydrogen-bond donors (Lipinski definition) is 3. The van der Waals surface area contributed by atoms with Crippen LogP contribution in [0.3, 0.4) is 0 Å². The minimum atomic E-state index is -1.14. The molecule has 0 saturated heterocycles. The van der Waals surface area contributed by atoms with Gasteiger partial charge in [-0.05, 0) is 44.2 Å². The summed E-state index contributed by atoms with van der Waals surface area (Å²) >= 11 is 0. The van der Waals surface area contributed by atoms with Gasteiger partial charge in [0.25, 0.3) is 11.5 Å². The van der Waals surface area contributed by atoms with Crippen molar-refractivity contribution in [1.82, 2.24) is 10.3 Å². The fourth-order valence-corrected chi connectivity index (χ4v) is 2.18. The molecule has 2 rings (SSSR count). The first-order chi connectivity index (χ1) is 8.99. The van der Waals surface area contributed by atoms with Crippen molar-refractivity contribution in [2.45, 2.75) is 38.6 Å². The molecule has 0 aliphatic heterocycles. The van der Waals surface area contributed by atoms with Crippen molar-refractivity contribution >= 4 is 11.9 Å². The van der Waals surface area contributed by atoms with Crippen LogP contribution in [0.1, 0.15) is 41.4 Å². The average molecular weight is 264 g/mol. The maximum Gasteiger partial charge on any atom is 0.325 e. The Kier molecular flexibility index (Phi) is 3.69. The number of aromatic amines is 1. The molecule has 0 fully saturated rings. The average Bonchev–Trinajstić information content (AvgIpc) is 2.37. The van der Waals surface area contributed by atoms with Crippen LogP contribution in [-0.2, 0) is 17.6 Å². The fraction of sp³-hybridized carbons (Fsp3) is 0.462. The monoisotopic (exact) mass is 264 g/mol. The highest BCUT2D eigenvalue weighted by Crippen LogP contribution is 2.18. The highest BCUT2D eigenvalue weighted by Gasteiger charge is 2.20. The van der Waals surface area contributed by atoms with Gasteiger partial charge >= 0.3 is 5.97 Å². The molecule has 6 nitrogen and oxygen atoms in total. The summed E-state index contributed by atoms with van der Waals surface area (Å²) in [6.07, 6.45) is 3.72. The van der Waals surface area contributed by atoms with Gasteiger partial charge in [0, 0.05) is 5.69 Å². The summed E-state index contributed by atoms with van der Waals surface area (Å²) in [5.41, 5.74) is 1.38. The van der Waals surface area contributed by atoms with E-state index in [4.69, 9.17) is 5.11 Å². The van der Waals surface area contributed by atoms with Crippen molar-refractivity contribution in [3.8, 4) is 0 Å². The van der Waals surface area contributed by atoms with Gasteiger partial charge in [-0.15, -0.1) is 0 Å². The van der Waals surface area contributed by atoms with Crippen molar-refractivity contribution in [1.29, 1.82) is 0 Å². The third-order valence-electron chi connectivity index (χ3n) is 3.30. The molecule has 1 unspecified atom stereocenters. The molecule has 0 radical (unpaired) electrons. The Morgan fingerprint density at radius 2 is 2.05 bits per heavy atom. The first kappa shape index (κ1) is 13.3. The predicted molar refractivity (Wildman–Crippen MR) is 68.3 cm³/mol. The quantitative estimate of drug-likeness (QED) is 0.738. The number of amides is 1. The minimum absolute atomic E-state index is 0.0197. The van der Waals surface area contributed by atoms with E-state index in [-0.39, 0.29) is 5.56 Å². The molecular formula is C13H16N2O4. The number of aryl methyl sites for hydroxylation is 2. The molecule has 1 amide bonds. The van der Waals surface area contributed by atoms with Crippen LogP contribution in [-0.4, -0.2) is 28.0 Å². The Labute approximate surface area is 109 Å². The SMILES string of the molecule is CC(NC(=O)c1cc2c([nH]c1=O)CCCC2)C(=O)O. The molecule has 1 aliphatic carbocycles. The minimum Gasteiger partial charge on any atom is -0.480 e. The molecule has 1 aromatic heterocycles. The van der Waals surface area contributed by atoms with E-state index in [1.165, 1.54) is 6.92 Å². The molecule has 0 aromatic carbocycles. The third-order valence-corrected chi connectivity index (χ3v) is 3.30. The molecule has 1 atom stereocenters. The number of aromatic nitrogens is 1. The Balaban J connectivity index is 2.27. The number of nitrogens with one attached hydrogen (secondary N) is 2. The van der Waals surface area contributed by atoms with Crippen molar-refractivity contribution in [2.24, 2.45) is 0 Å². The smallest absolute Gasteiger partial charge is 0.325 e.